The van der Waals surface area contributed by atoms with E-state index in [0.717, 1.165) is 50.5 Å². The number of carbonyl (C=O) groups excluding carboxylic acids is 2. The molecule has 10 heteroatoms. The summed E-state index contributed by atoms with van der Waals surface area (Å²) in [5.41, 5.74) is 1.53. The fraction of sp³-hybridized carbons (Fsp3) is 0.524. The van der Waals surface area contributed by atoms with E-state index in [1.165, 1.54) is 6.07 Å². The van der Waals surface area contributed by atoms with Gasteiger partial charge in [0.15, 0.2) is 0 Å². The first kappa shape index (κ1) is 20.0. The molecule has 1 aromatic carbocycles. The van der Waals surface area contributed by atoms with Crippen LogP contribution in [0.5, 0.6) is 0 Å². The van der Waals surface area contributed by atoms with Crippen molar-refractivity contribution in [2.24, 2.45) is 0 Å². The molecule has 2 heterocycles. The fourth-order valence-corrected chi connectivity index (χ4v) is 4.80. The molecule has 164 valence electrons. The first-order valence-electron chi connectivity index (χ1n) is 10.4. The Labute approximate surface area is 176 Å². The molecule has 7 nitrogen and oxygen atoms in total. The lowest BCUT2D eigenvalue weighted by molar-refractivity contribution is -0.159. The van der Waals surface area contributed by atoms with E-state index >= 15 is 0 Å². The smallest absolute Gasteiger partial charge is 0.337 e. The molecule has 0 radical (unpaired) electrons. The van der Waals surface area contributed by atoms with Crippen LogP contribution in [0.2, 0.25) is 0 Å². The molecular weight excluding hydrogens is 413 g/mol. The van der Waals surface area contributed by atoms with Crippen LogP contribution in [0.15, 0.2) is 22.7 Å². The summed E-state index contributed by atoms with van der Waals surface area (Å²) in [6.07, 6.45) is 1.91. The largest absolute Gasteiger partial charge is 0.471 e. The fourth-order valence-electron chi connectivity index (χ4n) is 4.80. The van der Waals surface area contributed by atoms with Gasteiger partial charge in [-0.2, -0.15) is 18.2 Å². The van der Waals surface area contributed by atoms with Crippen molar-refractivity contribution in [2.45, 2.75) is 69.4 Å². The Kier molecular flexibility index (Phi) is 4.75. The number of amides is 2. The lowest BCUT2D eigenvalue weighted by Gasteiger charge is -2.42. The summed E-state index contributed by atoms with van der Waals surface area (Å²) >= 11 is 0. The van der Waals surface area contributed by atoms with E-state index in [-0.39, 0.29) is 29.9 Å². The second-order valence-corrected chi connectivity index (χ2v) is 8.43. The van der Waals surface area contributed by atoms with E-state index in [9.17, 15) is 22.8 Å². The van der Waals surface area contributed by atoms with Crippen LogP contribution < -0.4 is 0 Å². The lowest BCUT2D eigenvalue weighted by atomic mass is 9.88. The van der Waals surface area contributed by atoms with Gasteiger partial charge in [-0.05, 0) is 37.3 Å². The molecule has 3 aliphatic rings. The molecule has 2 amide bonds. The second kappa shape index (κ2) is 7.35. The zero-order chi connectivity index (χ0) is 21.8. The number of hydrogen-bond donors (Lipinski definition) is 0. The van der Waals surface area contributed by atoms with Crippen LogP contribution in [0.3, 0.4) is 0 Å². The van der Waals surface area contributed by atoms with Gasteiger partial charge in [0, 0.05) is 23.7 Å². The maximum Gasteiger partial charge on any atom is 0.471 e. The molecule has 0 unspecified atom stereocenters. The van der Waals surface area contributed by atoms with Gasteiger partial charge >= 0.3 is 12.1 Å². The van der Waals surface area contributed by atoms with E-state index in [0.29, 0.717) is 17.7 Å². The summed E-state index contributed by atoms with van der Waals surface area (Å²) in [6.45, 7) is 0.424. The Hall–Kier alpha value is -2.91. The highest BCUT2D eigenvalue weighted by Crippen LogP contribution is 2.38. The predicted molar refractivity (Wildman–Crippen MR) is 102 cm³/mol. The van der Waals surface area contributed by atoms with Crippen LogP contribution in [-0.4, -0.2) is 50.4 Å². The SMILES string of the molecule is O=CN(C1CC1)[C@H]1CCCC[C@H]1N1Cc2ccc(-c3noc(C(F)(F)F)n3)cc2C1=O. The number of rotatable bonds is 5. The van der Waals surface area contributed by atoms with Gasteiger partial charge in [-0.1, -0.05) is 30.1 Å². The average Bonchev–Trinajstić information content (AvgIpc) is 3.34. The molecule has 5 rings (SSSR count). The standard InChI is InChI=1S/C21H21F3N4O3/c22-21(23,24)20-25-18(26-31-20)12-5-6-13-10-27(19(30)15(13)9-12)16-3-1-2-4-17(16)28(11-29)14-7-8-14/h5-6,9,11,14,16-17H,1-4,7-8,10H2/t16-,17+/m1/s1. The number of alkyl halides is 3. The molecule has 2 atom stereocenters. The predicted octanol–water partition coefficient (Wildman–Crippen LogP) is 3.64. The third-order valence-corrected chi connectivity index (χ3v) is 6.44. The molecule has 0 bridgehead atoms. The highest BCUT2D eigenvalue weighted by molar-refractivity contribution is 5.99. The maximum atomic E-state index is 13.3. The van der Waals surface area contributed by atoms with Crippen LogP contribution in [0.4, 0.5) is 13.2 Å². The zero-order valence-corrected chi connectivity index (χ0v) is 16.6. The van der Waals surface area contributed by atoms with Crippen molar-refractivity contribution in [3.05, 3.63) is 35.2 Å². The van der Waals surface area contributed by atoms with Gasteiger partial charge in [0.1, 0.15) is 0 Å². The Balaban J connectivity index is 1.41. The Morgan fingerprint density at radius 2 is 1.94 bits per heavy atom. The zero-order valence-electron chi connectivity index (χ0n) is 16.6. The summed E-state index contributed by atoms with van der Waals surface area (Å²) in [6, 6.07) is 5.06. The first-order valence-corrected chi connectivity index (χ1v) is 10.4. The third kappa shape index (κ3) is 3.57. The first-order chi connectivity index (χ1) is 14.9. The van der Waals surface area contributed by atoms with Crippen molar-refractivity contribution in [1.82, 2.24) is 19.9 Å². The highest BCUT2D eigenvalue weighted by atomic mass is 19.4. The summed E-state index contributed by atoms with van der Waals surface area (Å²) in [5, 5.41) is 3.41. The normalized spacial score (nSPS) is 23.7. The molecule has 1 aromatic heterocycles. The summed E-state index contributed by atoms with van der Waals surface area (Å²) in [4.78, 5) is 32.1. The van der Waals surface area contributed by atoms with Gasteiger partial charge in [0.05, 0.1) is 12.1 Å². The van der Waals surface area contributed by atoms with Gasteiger partial charge in [0.2, 0.25) is 12.2 Å². The molecular formula is C21H21F3N4O3. The average molecular weight is 434 g/mol. The van der Waals surface area contributed by atoms with Crippen molar-refractivity contribution in [1.29, 1.82) is 0 Å². The maximum absolute atomic E-state index is 13.3. The monoisotopic (exact) mass is 434 g/mol. The van der Waals surface area contributed by atoms with Crippen molar-refractivity contribution >= 4 is 12.3 Å². The second-order valence-electron chi connectivity index (χ2n) is 8.43. The van der Waals surface area contributed by atoms with Crippen LogP contribution in [0, 0.1) is 0 Å². The van der Waals surface area contributed by atoms with E-state index in [2.05, 4.69) is 14.7 Å². The van der Waals surface area contributed by atoms with Crippen molar-refractivity contribution < 1.29 is 27.3 Å². The minimum absolute atomic E-state index is 0.00281. The van der Waals surface area contributed by atoms with Crippen molar-refractivity contribution in [3.8, 4) is 11.4 Å². The van der Waals surface area contributed by atoms with E-state index in [1.54, 1.807) is 12.1 Å². The molecule has 2 aromatic rings. The quantitative estimate of drug-likeness (QED) is 0.672. The number of carbonyl (C=O) groups is 2. The number of nitrogens with zero attached hydrogens (tertiary/aromatic N) is 4. The molecule has 31 heavy (non-hydrogen) atoms. The van der Waals surface area contributed by atoms with Crippen LogP contribution in [-0.2, 0) is 17.5 Å². The Bertz CT molecular complexity index is 1020. The molecule has 0 saturated heterocycles. The number of hydrogen-bond acceptors (Lipinski definition) is 5. The van der Waals surface area contributed by atoms with Crippen LogP contribution in [0.1, 0.15) is 60.3 Å². The van der Waals surface area contributed by atoms with Crippen molar-refractivity contribution in [3.63, 3.8) is 0 Å². The highest BCUT2D eigenvalue weighted by Gasteiger charge is 2.44. The molecule has 2 saturated carbocycles. The van der Waals surface area contributed by atoms with Gasteiger partial charge in [-0.15, -0.1) is 0 Å². The Morgan fingerprint density at radius 1 is 1.16 bits per heavy atom. The molecule has 0 spiro atoms. The van der Waals surface area contributed by atoms with Gasteiger partial charge in [-0.3, -0.25) is 9.59 Å². The van der Waals surface area contributed by atoms with Gasteiger partial charge in [-0.25, -0.2) is 0 Å². The number of halogens is 3. The van der Waals surface area contributed by atoms with Crippen LogP contribution >= 0.6 is 0 Å². The van der Waals surface area contributed by atoms with E-state index in [4.69, 9.17) is 0 Å². The summed E-state index contributed by atoms with van der Waals surface area (Å²) in [5.74, 6) is -1.80. The minimum Gasteiger partial charge on any atom is -0.337 e. The Morgan fingerprint density at radius 3 is 2.61 bits per heavy atom. The third-order valence-electron chi connectivity index (χ3n) is 6.44. The lowest BCUT2D eigenvalue weighted by Crippen LogP contribution is -2.53. The molecule has 2 aliphatic carbocycles. The summed E-state index contributed by atoms with van der Waals surface area (Å²) in [7, 11) is 0. The number of aromatic nitrogens is 2. The van der Waals surface area contributed by atoms with Gasteiger partial charge < -0.3 is 14.3 Å². The number of fused-ring (bicyclic) bond motifs is 1. The molecule has 0 N–H and O–H groups in total. The molecule has 2 fully saturated rings. The van der Waals surface area contributed by atoms with Crippen molar-refractivity contribution in [2.75, 3.05) is 0 Å². The molecule has 1 aliphatic heterocycles. The number of benzene rings is 1. The van der Waals surface area contributed by atoms with Crippen LogP contribution in [0.25, 0.3) is 11.4 Å². The van der Waals surface area contributed by atoms with Gasteiger partial charge in [0.25, 0.3) is 5.91 Å². The topological polar surface area (TPSA) is 79.5 Å². The minimum atomic E-state index is -4.73. The summed E-state index contributed by atoms with van der Waals surface area (Å²) < 4.78 is 42.6. The van der Waals surface area contributed by atoms with E-state index < -0.39 is 12.1 Å². The van der Waals surface area contributed by atoms with E-state index in [1.807, 2.05) is 9.80 Å².